The maximum absolute atomic E-state index is 13.2. The van der Waals surface area contributed by atoms with Crippen molar-refractivity contribution in [1.29, 1.82) is 0 Å². The number of halogens is 3. The Morgan fingerprint density at radius 3 is 2.59 bits per heavy atom. The molecule has 0 aromatic carbocycles. The highest BCUT2D eigenvalue weighted by atomic mass is 32.1. The lowest BCUT2D eigenvalue weighted by atomic mass is 9.95. The first-order chi connectivity index (χ1) is 15.1. The fourth-order valence-electron chi connectivity index (χ4n) is 3.45. The zero-order valence-electron chi connectivity index (χ0n) is 17.3. The van der Waals surface area contributed by atoms with Crippen LogP contribution in [0.4, 0.5) is 18.2 Å². The van der Waals surface area contributed by atoms with E-state index in [1.54, 1.807) is 7.05 Å². The summed E-state index contributed by atoms with van der Waals surface area (Å²) >= 11 is 1.30. The Labute approximate surface area is 185 Å². The normalized spacial score (nSPS) is 13.0. The minimum absolute atomic E-state index is 0.0177. The molecule has 9 nitrogen and oxygen atoms in total. The van der Waals surface area contributed by atoms with Crippen molar-refractivity contribution in [1.82, 2.24) is 15.1 Å². The molecule has 0 fully saturated rings. The lowest BCUT2D eigenvalue weighted by Gasteiger charge is -2.11. The zero-order valence-corrected chi connectivity index (χ0v) is 18.1. The number of carboxylic acid groups (broad SMARTS) is 1. The van der Waals surface area contributed by atoms with E-state index in [-0.39, 0.29) is 18.5 Å². The Balaban J connectivity index is 0.00000114. The molecule has 0 spiro atoms. The SMILES string of the molecule is CNCCc1cn(CC(=O)Nc2sc3c(c2C(N)=O)CCCC3)nc1C(F)(F)F.O=CO. The van der Waals surface area contributed by atoms with Gasteiger partial charge in [0.2, 0.25) is 5.91 Å². The molecule has 0 saturated carbocycles. The molecule has 0 unspecified atom stereocenters. The van der Waals surface area contributed by atoms with Crippen LogP contribution in [0.15, 0.2) is 6.20 Å². The van der Waals surface area contributed by atoms with Gasteiger partial charge in [-0.15, -0.1) is 11.3 Å². The van der Waals surface area contributed by atoms with Crippen LogP contribution in [-0.2, 0) is 41.6 Å². The minimum Gasteiger partial charge on any atom is -0.483 e. The van der Waals surface area contributed by atoms with Gasteiger partial charge in [0.15, 0.2) is 5.69 Å². The van der Waals surface area contributed by atoms with Crippen molar-refractivity contribution >= 4 is 34.6 Å². The first-order valence-electron chi connectivity index (χ1n) is 9.72. The lowest BCUT2D eigenvalue weighted by Crippen LogP contribution is -2.22. The van der Waals surface area contributed by atoms with E-state index < -0.39 is 30.2 Å². The van der Waals surface area contributed by atoms with E-state index in [0.29, 0.717) is 17.1 Å². The number of nitrogens with one attached hydrogen (secondary N) is 2. The monoisotopic (exact) mass is 475 g/mol. The lowest BCUT2D eigenvalue weighted by molar-refractivity contribution is -0.142. The number of anilines is 1. The molecule has 0 aliphatic heterocycles. The number of fused-ring (bicyclic) bond motifs is 1. The number of primary amides is 1. The molecule has 0 radical (unpaired) electrons. The number of aryl methyl sites for hydroxylation is 1. The van der Waals surface area contributed by atoms with Crippen molar-refractivity contribution < 1.29 is 32.7 Å². The van der Waals surface area contributed by atoms with Gasteiger partial charge >= 0.3 is 6.18 Å². The van der Waals surface area contributed by atoms with Crippen LogP contribution in [0.25, 0.3) is 0 Å². The van der Waals surface area contributed by atoms with Crippen molar-refractivity contribution in [3.8, 4) is 0 Å². The molecule has 0 saturated heterocycles. The summed E-state index contributed by atoms with van der Waals surface area (Å²) in [6, 6.07) is 0. The highest BCUT2D eigenvalue weighted by molar-refractivity contribution is 7.17. The van der Waals surface area contributed by atoms with Crippen molar-refractivity contribution in [2.45, 2.75) is 44.8 Å². The van der Waals surface area contributed by atoms with Gasteiger partial charge in [-0.25, -0.2) is 0 Å². The number of aromatic nitrogens is 2. The fraction of sp³-hybridized carbons (Fsp3) is 0.474. The van der Waals surface area contributed by atoms with Gasteiger partial charge in [-0.05, 0) is 51.3 Å². The van der Waals surface area contributed by atoms with Gasteiger partial charge < -0.3 is 21.5 Å². The molecule has 2 aromatic rings. The average molecular weight is 475 g/mol. The van der Waals surface area contributed by atoms with Crippen LogP contribution in [0, 0.1) is 0 Å². The van der Waals surface area contributed by atoms with Crippen LogP contribution >= 0.6 is 11.3 Å². The molecule has 3 rings (SSSR count). The second kappa shape index (κ2) is 11.1. The maximum Gasteiger partial charge on any atom is 0.435 e. The smallest absolute Gasteiger partial charge is 0.435 e. The number of carbonyl (C=O) groups excluding carboxylic acids is 2. The maximum atomic E-state index is 13.2. The third-order valence-electron chi connectivity index (χ3n) is 4.73. The first-order valence-corrected chi connectivity index (χ1v) is 10.5. The molecule has 1 aliphatic rings. The molecule has 2 aromatic heterocycles. The summed E-state index contributed by atoms with van der Waals surface area (Å²) in [7, 11) is 1.64. The highest BCUT2D eigenvalue weighted by Gasteiger charge is 2.37. The number of nitrogens with two attached hydrogens (primary N) is 1. The summed E-state index contributed by atoms with van der Waals surface area (Å²) in [6.07, 6.45) is 0.256. The standard InChI is InChI=1S/C18H22F3N5O2S.CH2O2/c1-23-7-6-10-8-26(25-15(10)18(19,20)21)9-13(27)24-17-14(16(22)28)11-4-2-3-5-12(11)29-17;2-1-3/h8,23H,2-7,9H2,1H3,(H2,22,28)(H,24,27);1H,(H,2,3). The van der Waals surface area contributed by atoms with Gasteiger partial charge in [-0.3, -0.25) is 19.1 Å². The van der Waals surface area contributed by atoms with E-state index in [4.69, 9.17) is 15.6 Å². The molecule has 5 N–H and O–H groups in total. The number of alkyl halides is 3. The second-order valence-corrected chi connectivity index (χ2v) is 8.09. The summed E-state index contributed by atoms with van der Waals surface area (Å²) in [4.78, 5) is 33.7. The first kappa shape index (κ1) is 25.3. The zero-order chi connectivity index (χ0) is 23.9. The van der Waals surface area contributed by atoms with Gasteiger partial charge in [-0.2, -0.15) is 18.3 Å². The molecule has 176 valence electrons. The van der Waals surface area contributed by atoms with Crippen molar-refractivity contribution in [2.75, 3.05) is 18.9 Å². The van der Waals surface area contributed by atoms with E-state index in [9.17, 15) is 22.8 Å². The molecule has 1 aliphatic carbocycles. The van der Waals surface area contributed by atoms with Crippen LogP contribution < -0.4 is 16.4 Å². The summed E-state index contributed by atoms with van der Waals surface area (Å²) < 4.78 is 40.6. The summed E-state index contributed by atoms with van der Waals surface area (Å²) in [5, 5.41) is 16.2. The predicted molar refractivity (Wildman–Crippen MR) is 112 cm³/mol. The molecular formula is C19H24F3N5O4S. The number of thiophene rings is 1. The number of rotatable bonds is 7. The van der Waals surface area contributed by atoms with Crippen molar-refractivity contribution in [3.05, 3.63) is 33.5 Å². The van der Waals surface area contributed by atoms with Crippen molar-refractivity contribution in [2.24, 2.45) is 5.73 Å². The van der Waals surface area contributed by atoms with Crippen LogP contribution in [-0.4, -0.2) is 46.8 Å². The number of likely N-dealkylation sites (N-methyl/N-ethyl adjacent to an activating group) is 1. The third-order valence-corrected chi connectivity index (χ3v) is 5.93. The molecule has 0 bridgehead atoms. The Hall–Kier alpha value is -2.93. The van der Waals surface area contributed by atoms with Gasteiger partial charge in [0, 0.05) is 16.6 Å². The largest absolute Gasteiger partial charge is 0.483 e. The summed E-state index contributed by atoms with van der Waals surface area (Å²) in [5.74, 6) is -1.19. The van der Waals surface area contributed by atoms with Crippen LogP contribution in [0.2, 0.25) is 0 Å². The topological polar surface area (TPSA) is 139 Å². The van der Waals surface area contributed by atoms with Gasteiger partial charge in [0.05, 0.1) is 5.56 Å². The number of hydrogen-bond donors (Lipinski definition) is 4. The van der Waals surface area contributed by atoms with Gasteiger partial charge in [0.1, 0.15) is 11.5 Å². The second-order valence-electron chi connectivity index (χ2n) is 6.98. The Morgan fingerprint density at radius 1 is 1.34 bits per heavy atom. The minimum atomic E-state index is -4.60. The van der Waals surface area contributed by atoms with Crippen LogP contribution in [0.1, 0.15) is 44.9 Å². The summed E-state index contributed by atoms with van der Waals surface area (Å²) in [5.41, 5.74) is 5.70. The number of amides is 2. The number of nitrogens with zero attached hydrogens (tertiary/aromatic N) is 2. The van der Waals surface area contributed by atoms with E-state index in [2.05, 4.69) is 15.7 Å². The van der Waals surface area contributed by atoms with E-state index in [0.717, 1.165) is 40.8 Å². The molecule has 2 amide bonds. The average Bonchev–Trinajstić information content (AvgIpc) is 3.27. The van der Waals surface area contributed by atoms with Crippen LogP contribution in [0.5, 0.6) is 0 Å². The fourth-order valence-corrected chi connectivity index (χ4v) is 4.76. The number of hydrogen-bond acceptors (Lipinski definition) is 6. The molecule has 13 heteroatoms. The Morgan fingerprint density at radius 2 is 2.00 bits per heavy atom. The highest BCUT2D eigenvalue weighted by Crippen LogP contribution is 2.38. The van der Waals surface area contributed by atoms with Crippen LogP contribution in [0.3, 0.4) is 0 Å². The molecule has 2 heterocycles. The Kier molecular flexibility index (Phi) is 8.78. The quantitative estimate of drug-likeness (QED) is 0.452. The van der Waals surface area contributed by atoms with Gasteiger partial charge in [-0.1, -0.05) is 0 Å². The van der Waals surface area contributed by atoms with Crippen molar-refractivity contribution in [3.63, 3.8) is 0 Å². The van der Waals surface area contributed by atoms with Gasteiger partial charge in [0.25, 0.3) is 12.4 Å². The van der Waals surface area contributed by atoms with E-state index in [1.165, 1.54) is 17.5 Å². The molecular weight excluding hydrogens is 451 g/mol. The number of carbonyl (C=O) groups is 3. The third kappa shape index (κ3) is 6.29. The summed E-state index contributed by atoms with van der Waals surface area (Å²) in [6.45, 7) is -0.299. The Bertz CT molecular complexity index is 971. The van der Waals surface area contributed by atoms with E-state index >= 15 is 0 Å². The molecule has 32 heavy (non-hydrogen) atoms. The molecule has 0 atom stereocenters. The van der Waals surface area contributed by atoms with E-state index in [1.807, 2.05) is 0 Å². The predicted octanol–water partition coefficient (Wildman–Crippen LogP) is 2.04.